The summed E-state index contributed by atoms with van der Waals surface area (Å²) in [4.78, 5) is 11.8. The first-order valence-corrected chi connectivity index (χ1v) is 11.5. The molecular weight excluding hydrogens is 451 g/mol. The van der Waals surface area contributed by atoms with Gasteiger partial charge in [-0.3, -0.25) is 0 Å². The zero-order chi connectivity index (χ0) is 25.6. The van der Waals surface area contributed by atoms with Crippen LogP contribution in [-0.4, -0.2) is 23.4 Å². The molecule has 35 heavy (non-hydrogen) atoms. The number of halogens is 3. The lowest BCUT2D eigenvalue weighted by atomic mass is 9.99. The maximum Gasteiger partial charge on any atom is 0.573 e. The van der Waals surface area contributed by atoms with E-state index in [1.165, 1.54) is 12.1 Å². The number of nitrogens with zero attached hydrogens (tertiary/aromatic N) is 3. The predicted octanol–water partition coefficient (Wildman–Crippen LogP) is 7.80. The monoisotopic (exact) mass is 481 g/mol. The molecule has 0 radical (unpaired) electrons. The van der Waals surface area contributed by atoms with Gasteiger partial charge in [0.1, 0.15) is 17.4 Å². The van der Waals surface area contributed by atoms with Crippen molar-refractivity contribution in [2.24, 2.45) is 0 Å². The summed E-state index contributed by atoms with van der Waals surface area (Å²) in [5, 5.41) is 0. The van der Waals surface area contributed by atoms with Crippen molar-refractivity contribution in [1.82, 2.24) is 9.97 Å². The van der Waals surface area contributed by atoms with E-state index in [1.807, 2.05) is 50.2 Å². The smallest absolute Gasteiger partial charge is 0.406 e. The van der Waals surface area contributed by atoms with Gasteiger partial charge in [-0.05, 0) is 62.9 Å². The number of ether oxygens (including phenoxy) is 1. The van der Waals surface area contributed by atoms with E-state index in [2.05, 4.69) is 30.0 Å². The molecule has 1 atom stereocenters. The van der Waals surface area contributed by atoms with Gasteiger partial charge in [-0.1, -0.05) is 37.8 Å². The average molecular weight is 482 g/mol. The number of alkyl halides is 3. The molecule has 0 fully saturated rings. The first-order chi connectivity index (χ1) is 16.7. The van der Waals surface area contributed by atoms with Crippen molar-refractivity contribution in [3.63, 3.8) is 0 Å². The summed E-state index contributed by atoms with van der Waals surface area (Å²) in [5.74, 6) is 1.26. The van der Waals surface area contributed by atoms with Crippen molar-refractivity contribution in [3.8, 4) is 17.0 Å². The van der Waals surface area contributed by atoms with E-state index in [9.17, 15) is 13.2 Å². The standard InChI is InChI=1S/C28H30F3N3O/c1-6-9-17-34(5)27-19(4)25(21-13-15-24(16-14-21)35-28(29,30)31)32-26(33-27)23-12-11-22(18-23)20(8-3)10-7-2/h7,9-11,13-17,23H,3,6,12,18H2,1-2,4-5H3/b10-7+,17-9?. The normalized spacial score (nSPS) is 16.0. The minimum Gasteiger partial charge on any atom is -0.406 e. The minimum atomic E-state index is -4.74. The molecule has 1 aromatic heterocycles. The summed E-state index contributed by atoms with van der Waals surface area (Å²) >= 11 is 0. The van der Waals surface area contributed by atoms with Crippen LogP contribution in [0.1, 0.15) is 50.4 Å². The van der Waals surface area contributed by atoms with Crippen LogP contribution in [0.15, 0.2) is 78.2 Å². The van der Waals surface area contributed by atoms with Crippen LogP contribution < -0.4 is 9.64 Å². The Morgan fingerprint density at radius 1 is 1.26 bits per heavy atom. The molecular formula is C28H30F3N3O. The van der Waals surface area contributed by atoms with Crippen LogP contribution in [0.4, 0.5) is 19.0 Å². The van der Waals surface area contributed by atoms with Gasteiger partial charge < -0.3 is 9.64 Å². The Bertz CT molecular complexity index is 1190. The van der Waals surface area contributed by atoms with Crippen LogP contribution >= 0.6 is 0 Å². The topological polar surface area (TPSA) is 38.2 Å². The van der Waals surface area contributed by atoms with Crippen molar-refractivity contribution in [2.45, 2.75) is 52.3 Å². The lowest BCUT2D eigenvalue weighted by molar-refractivity contribution is -0.274. The van der Waals surface area contributed by atoms with Crippen LogP contribution in [0.2, 0.25) is 0 Å². The molecule has 0 N–H and O–H groups in total. The quantitative estimate of drug-likeness (QED) is 0.285. The average Bonchev–Trinajstić information content (AvgIpc) is 3.31. The maximum atomic E-state index is 12.6. The van der Waals surface area contributed by atoms with Crippen molar-refractivity contribution >= 4 is 5.82 Å². The van der Waals surface area contributed by atoms with Gasteiger partial charge in [0, 0.05) is 35.9 Å². The van der Waals surface area contributed by atoms with Gasteiger partial charge in [-0.2, -0.15) is 0 Å². The Kier molecular flexibility index (Phi) is 8.36. The van der Waals surface area contributed by atoms with Gasteiger partial charge in [0.05, 0.1) is 5.69 Å². The van der Waals surface area contributed by atoms with Crippen molar-refractivity contribution in [2.75, 3.05) is 11.9 Å². The third-order valence-corrected chi connectivity index (χ3v) is 5.75. The first kappa shape index (κ1) is 26.0. The fourth-order valence-electron chi connectivity index (χ4n) is 4.06. The number of aromatic nitrogens is 2. The van der Waals surface area contributed by atoms with E-state index in [-0.39, 0.29) is 11.7 Å². The molecule has 1 heterocycles. The fourth-order valence-corrected chi connectivity index (χ4v) is 4.06. The third-order valence-electron chi connectivity index (χ3n) is 5.75. The molecule has 0 saturated carbocycles. The van der Waals surface area contributed by atoms with Crippen LogP contribution in [0, 0.1) is 6.92 Å². The molecule has 1 unspecified atom stereocenters. The van der Waals surface area contributed by atoms with Crippen molar-refractivity contribution in [3.05, 3.63) is 89.6 Å². The summed E-state index contributed by atoms with van der Waals surface area (Å²) in [6.45, 7) is 9.74. The van der Waals surface area contributed by atoms with Crippen LogP contribution in [0.3, 0.4) is 0 Å². The number of anilines is 1. The Morgan fingerprint density at radius 2 is 1.97 bits per heavy atom. The molecule has 0 bridgehead atoms. The van der Waals surface area contributed by atoms with E-state index >= 15 is 0 Å². The Labute approximate surface area is 204 Å². The minimum absolute atomic E-state index is 0.0769. The Morgan fingerprint density at radius 3 is 2.57 bits per heavy atom. The highest BCUT2D eigenvalue weighted by Gasteiger charge is 2.31. The summed E-state index contributed by atoms with van der Waals surface area (Å²) < 4.78 is 41.8. The first-order valence-electron chi connectivity index (χ1n) is 11.5. The molecule has 0 amide bonds. The summed E-state index contributed by atoms with van der Waals surface area (Å²) in [7, 11) is 1.93. The highest BCUT2D eigenvalue weighted by atomic mass is 19.4. The number of rotatable bonds is 8. The highest BCUT2D eigenvalue weighted by Crippen LogP contribution is 2.38. The SMILES string of the molecule is C=C=C(/C=C/C)C1=CCC(c2nc(-c3ccc(OC(F)(F)F)cc3)c(C)c(N(C)C=CCC)n2)C1. The second-order valence-corrected chi connectivity index (χ2v) is 8.31. The molecule has 0 saturated heterocycles. The molecule has 1 aliphatic carbocycles. The summed E-state index contributed by atoms with van der Waals surface area (Å²) in [5.41, 5.74) is 7.34. The lowest BCUT2D eigenvalue weighted by Gasteiger charge is -2.21. The highest BCUT2D eigenvalue weighted by molar-refractivity contribution is 5.69. The van der Waals surface area contributed by atoms with Gasteiger partial charge in [-0.15, -0.1) is 18.9 Å². The second-order valence-electron chi connectivity index (χ2n) is 8.31. The Hall–Kier alpha value is -3.57. The summed E-state index contributed by atoms with van der Waals surface area (Å²) in [6, 6.07) is 5.79. The summed E-state index contributed by atoms with van der Waals surface area (Å²) in [6.07, 6.45) is 7.81. The molecule has 1 aliphatic rings. The molecule has 3 rings (SSSR count). The van der Waals surface area contributed by atoms with Crippen molar-refractivity contribution in [1.29, 1.82) is 0 Å². The molecule has 0 aliphatic heterocycles. The molecule has 0 spiro atoms. The lowest BCUT2D eigenvalue weighted by Crippen LogP contribution is -2.17. The predicted molar refractivity (Wildman–Crippen MR) is 134 cm³/mol. The number of hydrogen-bond donors (Lipinski definition) is 0. The maximum absolute atomic E-state index is 12.6. The molecule has 184 valence electrons. The van der Waals surface area contributed by atoms with Gasteiger partial charge in [0.15, 0.2) is 0 Å². The zero-order valence-corrected chi connectivity index (χ0v) is 20.5. The van der Waals surface area contributed by atoms with Gasteiger partial charge in [0.25, 0.3) is 0 Å². The largest absolute Gasteiger partial charge is 0.573 e. The van der Waals surface area contributed by atoms with Gasteiger partial charge in [-0.25, -0.2) is 9.97 Å². The van der Waals surface area contributed by atoms with E-state index in [0.29, 0.717) is 17.1 Å². The van der Waals surface area contributed by atoms with Gasteiger partial charge in [0.2, 0.25) is 0 Å². The Balaban J connectivity index is 2.02. The number of allylic oxidation sites excluding steroid dienone is 6. The third kappa shape index (κ3) is 6.52. The molecule has 1 aromatic carbocycles. The van der Waals surface area contributed by atoms with Crippen LogP contribution in [0.5, 0.6) is 5.75 Å². The molecule has 7 heteroatoms. The number of benzene rings is 1. The van der Waals surface area contributed by atoms with E-state index < -0.39 is 6.36 Å². The molecule has 4 nitrogen and oxygen atoms in total. The molecule has 2 aromatic rings. The van der Waals surface area contributed by atoms with Crippen LogP contribution in [-0.2, 0) is 0 Å². The second kappa shape index (κ2) is 11.2. The van der Waals surface area contributed by atoms with E-state index in [0.717, 1.165) is 41.8 Å². The fraction of sp³-hybridized carbons (Fsp3) is 0.321. The van der Waals surface area contributed by atoms with Crippen LogP contribution in [0.25, 0.3) is 11.3 Å². The van der Waals surface area contributed by atoms with E-state index in [4.69, 9.17) is 9.97 Å². The van der Waals surface area contributed by atoms with E-state index in [1.54, 1.807) is 12.1 Å². The number of hydrogen-bond acceptors (Lipinski definition) is 4. The van der Waals surface area contributed by atoms with Crippen molar-refractivity contribution < 1.29 is 17.9 Å². The zero-order valence-electron chi connectivity index (χ0n) is 20.5. The van der Waals surface area contributed by atoms with Gasteiger partial charge >= 0.3 is 6.36 Å².